The van der Waals surface area contributed by atoms with E-state index < -0.39 is 0 Å². The monoisotopic (exact) mass is 291 g/mol. The zero-order valence-corrected chi connectivity index (χ0v) is 13.9. The molecule has 1 saturated heterocycles. The molecule has 2 heteroatoms. The molecule has 0 amide bonds. The predicted octanol–water partition coefficient (Wildman–Crippen LogP) is 4.14. The van der Waals surface area contributed by atoms with Crippen LogP contribution in [0.3, 0.4) is 0 Å². The first-order chi connectivity index (χ1) is 10.2. The summed E-state index contributed by atoms with van der Waals surface area (Å²) in [5.41, 5.74) is 0.648. The summed E-state index contributed by atoms with van der Waals surface area (Å²) in [4.78, 5) is 0. The zero-order chi connectivity index (χ0) is 14.4. The van der Waals surface area contributed by atoms with Crippen LogP contribution < -0.4 is 5.32 Å². The molecule has 2 nitrogen and oxygen atoms in total. The van der Waals surface area contributed by atoms with Crippen LogP contribution >= 0.6 is 0 Å². The van der Waals surface area contributed by atoms with Crippen molar-refractivity contribution >= 4 is 0 Å². The number of ether oxygens (including phenoxy) is 1. The Morgan fingerprint density at radius 2 is 1.67 bits per heavy atom. The maximum absolute atomic E-state index is 5.85. The van der Waals surface area contributed by atoms with Crippen molar-refractivity contribution in [2.24, 2.45) is 23.2 Å². The lowest BCUT2D eigenvalue weighted by molar-refractivity contribution is -0.0769. The Kier molecular flexibility index (Phi) is 3.82. The summed E-state index contributed by atoms with van der Waals surface area (Å²) in [7, 11) is 0. The van der Waals surface area contributed by atoms with Gasteiger partial charge in [0.25, 0.3) is 0 Å². The smallest absolute Gasteiger partial charge is 0.0587 e. The first kappa shape index (κ1) is 14.5. The van der Waals surface area contributed by atoms with Gasteiger partial charge in [0.15, 0.2) is 0 Å². The van der Waals surface area contributed by atoms with E-state index in [2.05, 4.69) is 19.2 Å². The van der Waals surface area contributed by atoms with Gasteiger partial charge in [-0.3, -0.25) is 0 Å². The molecule has 0 spiro atoms. The number of rotatable bonds is 4. The molecule has 1 heterocycles. The summed E-state index contributed by atoms with van der Waals surface area (Å²) < 4.78 is 5.85. The Morgan fingerprint density at radius 3 is 2.24 bits per heavy atom. The SMILES string of the molecule is CCC1CC(NC(C)C23CC4CC(CC(C4)C2)C3)CCO1. The molecular weight excluding hydrogens is 258 g/mol. The highest BCUT2D eigenvalue weighted by Crippen LogP contribution is 2.61. The Hall–Kier alpha value is -0.0800. The van der Waals surface area contributed by atoms with Gasteiger partial charge in [-0.15, -0.1) is 0 Å². The Morgan fingerprint density at radius 1 is 1.05 bits per heavy atom. The molecule has 5 aliphatic rings. The minimum atomic E-state index is 0.500. The lowest BCUT2D eigenvalue weighted by Gasteiger charge is -2.59. The van der Waals surface area contributed by atoms with E-state index in [9.17, 15) is 0 Å². The van der Waals surface area contributed by atoms with Gasteiger partial charge in [0.1, 0.15) is 0 Å². The van der Waals surface area contributed by atoms with Gasteiger partial charge in [0.2, 0.25) is 0 Å². The second-order valence-corrected chi connectivity index (χ2v) is 8.79. The Labute approximate surface area is 130 Å². The molecule has 4 aliphatic carbocycles. The van der Waals surface area contributed by atoms with Crippen LogP contribution in [0, 0.1) is 23.2 Å². The van der Waals surface area contributed by atoms with E-state index >= 15 is 0 Å². The molecular formula is C19H33NO. The summed E-state index contributed by atoms with van der Waals surface area (Å²) in [6.45, 7) is 5.73. The zero-order valence-electron chi connectivity index (χ0n) is 13.9. The standard InChI is InChI=1S/C19H33NO/c1-3-18-9-17(4-5-21-18)20-13(2)19-10-14-6-15(11-19)8-16(7-14)12-19/h13-18,20H,3-12H2,1-2H3. The second kappa shape index (κ2) is 5.53. The van der Waals surface area contributed by atoms with E-state index in [1.165, 1.54) is 38.5 Å². The fourth-order valence-electron chi connectivity index (χ4n) is 6.55. The molecule has 120 valence electrons. The van der Waals surface area contributed by atoms with E-state index in [0.29, 0.717) is 23.6 Å². The molecule has 0 radical (unpaired) electrons. The van der Waals surface area contributed by atoms with E-state index in [0.717, 1.165) is 24.4 Å². The van der Waals surface area contributed by atoms with Crippen LogP contribution in [0.25, 0.3) is 0 Å². The van der Waals surface area contributed by atoms with Gasteiger partial charge in [0, 0.05) is 18.7 Å². The molecule has 1 N–H and O–H groups in total. The number of nitrogens with one attached hydrogen (secondary N) is 1. The van der Waals surface area contributed by atoms with Crippen LogP contribution in [0.15, 0.2) is 0 Å². The molecule has 0 aromatic carbocycles. The van der Waals surface area contributed by atoms with E-state index in [-0.39, 0.29) is 0 Å². The third-order valence-electron chi connectivity index (χ3n) is 7.31. The molecule has 4 saturated carbocycles. The Bertz CT molecular complexity index is 344. The van der Waals surface area contributed by atoms with Crippen LogP contribution in [0.4, 0.5) is 0 Å². The van der Waals surface area contributed by atoms with Crippen LogP contribution in [0.1, 0.15) is 71.6 Å². The molecule has 0 aromatic rings. The topological polar surface area (TPSA) is 21.3 Å². The third kappa shape index (κ3) is 2.67. The second-order valence-electron chi connectivity index (χ2n) is 8.79. The average molecular weight is 291 g/mol. The van der Waals surface area contributed by atoms with Crippen molar-refractivity contribution in [1.82, 2.24) is 5.32 Å². The Balaban J connectivity index is 1.41. The fraction of sp³-hybridized carbons (Fsp3) is 1.00. The van der Waals surface area contributed by atoms with Crippen LogP contribution in [-0.4, -0.2) is 24.8 Å². The number of hydrogen-bond acceptors (Lipinski definition) is 2. The van der Waals surface area contributed by atoms with Gasteiger partial charge < -0.3 is 10.1 Å². The third-order valence-corrected chi connectivity index (χ3v) is 7.31. The largest absolute Gasteiger partial charge is 0.378 e. The molecule has 5 fully saturated rings. The van der Waals surface area contributed by atoms with Gasteiger partial charge in [-0.1, -0.05) is 6.92 Å². The first-order valence-corrected chi connectivity index (χ1v) is 9.54. The maximum atomic E-state index is 5.85. The molecule has 3 atom stereocenters. The number of hydrogen-bond donors (Lipinski definition) is 1. The van der Waals surface area contributed by atoms with E-state index in [4.69, 9.17) is 4.74 Å². The maximum Gasteiger partial charge on any atom is 0.0587 e. The first-order valence-electron chi connectivity index (χ1n) is 9.54. The predicted molar refractivity (Wildman–Crippen MR) is 86.3 cm³/mol. The highest BCUT2D eigenvalue weighted by atomic mass is 16.5. The minimum absolute atomic E-state index is 0.500. The van der Waals surface area contributed by atoms with E-state index in [1.54, 1.807) is 19.3 Å². The molecule has 1 aliphatic heterocycles. The van der Waals surface area contributed by atoms with Crippen molar-refractivity contribution in [1.29, 1.82) is 0 Å². The van der Waals surface area contributed by atoms with Gasteiger partial charge in [0.05, 0.1) is 6.10 Å². The molecule has 0 aromatic heterocycles. The minimum Gasteiger partial charge on any atom is -0.378 e. The van der Waals surface area contributed by atoms with Crippen molar-refractivity contribution in [2.75, 3.05) is 6.61 Å². The highest BCUT2D eigenvalue weighted by molar-refractivity contribution is 5.05. The lowest BCUT2D eigenvalue weighted by atomic mass is 9.48. The van der Waals surface area contributed by atoms with Gasteiger partial charge in [-0.25, -0.2) is 0 Å². The van der Waals surface area contributed by atoms with Gasteiger partial charge in [-0.05, 0) is 87.9 Å². The quantitative estimate of drug-likeness (QED) is 0.840. The summed E-state index contributed by atoms with van der Waals surface area (Å²) >= 11 is 0. The molecule has 21 heavy (non-hydrogen) atoms. The molecule has 5 rings (SSSR count). The normalized spacial score (nSPS) is 50.3. The lowest BCUT2D eigenvalue weighted by Crippen LogP contribution is -2.57. The average Bonchev–Trinajstić information content (AvgIpc) is 2.46. The van der Waals surface area contributed by atoms with Crippen molar-refractivity contribution in [2.45, 2.75) is 89.8 Å². The van der Waals surface area contributed by atoms with Crippen LogP contribution in [-0.2, 0) is 4.74 Å². The van der Waals surface area contributed by atoms with Crippen LogP contribution in [0.5, 0.6) is 0 Å². The summed E-state index contributed by atoms with van der Waals surface area (Å²) in [6, 6.07) is 1.42. The summed E-state index contributed by atoms with van der Waals surface area (Å²) in [5, 5.41) is 4.06. The highest BCUT2D eigenvalue weighted by Gasteiger charge is 2.53. The van der Waals surface area contributed by atoms with Gasteiger partial charge >= 0.3 is 0 Å². The fourth-order valence-corrected chi connectivity index (χ4v) is 6.55. The van der Waals surface area contributed by atoms with Crippen molar-refractivity contribution in [3.05, 3.63) is 0 Å². The van der Waals surface area contributed by atoms with E-state index in [1.807, 2.05) is 0 Å². The molecule has 3 unspecified atom stereocenters. The van der Waals surface area contributed by atoms with Gasteiger partial charge in [-0.2, -0.15) is 0 Å². The summed E-state index contributed by atoms with van der Waals surface area (Å²) in [5.74, 6) is 3.20. The van der Waals surface area contributed by atoms with Crippen molar-refractivity contribution < 1.29 is 4.74 Å². The molecule has 4 bridgehead atoms. The summed E-state index contributed by atoms with van der Waals surface area (Å²) in [6.07, 6.45) is 13.3. The van der Waals surface area contributed by atoms with Crippen molar-refractivity contribution in [3.8, 4) is 0 Å². The van der Waals surface area contributed by atoms with Crippen molar-refractivity contribution in [3.63, 3.8) is 0 Å². The van der Waals surface area contributed by atoms with Crippen LogP contribution in [0.2, 0.25) is 0 Å².